The predicted molar refractivity (Wildman–Crippen MR) is 76.4 cm³/mol. The SMILES string of the molecule is CC(C)c1nnc([S@@](=O)[C@@H](C)c2ccccc2)n1C. The van der Waals surface area contributed by atoms with Gasteiger partial charge in [-0.3, -0.25) is 4.21 Å². The summed E-state index contributed by atoms with van der Waals surface area (Å²) in [5, 5.41) is 8.68. The van der Waals surface area contributed by atoms with E-state index < -0.39 is 10.8 Å². The lowest BCUT2D eigenvalue weighted by Gasteiger charge is -2.11. The van der Waals surface area contributed by atoms with E-state index in [2.05, 4.69) is 24.0 Å². The molecule has 0 spiro atoms. The summed E-state index contributed by atoms with van der Waals surface area (Å²) in [7, 11) is 0.678. The standard InChI is InChI=1S/C14H19N3OS/c1-10(2)13-15-16-14(17(13)4)19(18)11(3)12-8-6-5-7-9-12/h5-11H,1-4H3/t11-,19-/m0/s1. The highest BCUT2D eigenvalue weighted by Gasteiger charge is 2.22. The van der Waals surface area contributed by atoms with Gasteiger partial charge in [-0.25, -0.2) is 0 Å². The Labute approximate surface area is 116 Å². The van der Waals surface area contributed by atoms with E-state index in [0.29, 0.717) is 5.16 Å². The maximum absolute atomic E-state index is 12.6. The number of hydrogen-bond acceptors (Lipinski definition) is 3. The van der Waals surface area contributed by atoms with Gasteiger partial charge in [0.25, 0.3) is 0 Å². The van der Waals surface area contributed by atoms with Gasteiger partial charge in [0.2, 0.25) is 5.16 Å². The molecule has 0 N–H and O–H groups in total. The fourth-order valence-electron chi connectivity index (χ4n) is 2.01. The molecule has 0 aliphatic carbocycles. The molecule has 19 heavy (non-hydrogen) atoms. The Bertz CT molecular complexity index is 578. The van der Waals surface area contributed by atoms with Crippen molar-refractivity contribution in [2.75, 3.05) is 0 Å². The first-order valence-corrected chi connectivity index (χ1v) is 7.58. The largest absolute Gasteiger partial charge is 0.307 e. The van der Waals surface area contributed by atoms with Crippen molar-refractivity contribution < 1.29 is 4.21 Å². The summed E-state index contributed by atoms with van der Waals surface area (Å²) in [4.78, 5) is 0. The number of benzene rings is 1. The van der Waals surface area contributed by atoms with Crippen LogP contribution in [0.4, 0.5) is 0 Å². The van der Waals surface area contributed by atoms with E-state index >= 15 is 0 Å². The molecule has 0 radical (unpaired) electrons. The van der Waals surface area contributed by atoms with Gasteiger partial charge in [0.05, 0.1) is 16.0 Å². The molecule has 0 saturated heterocycles. The van der Waals surface area contributed by atoms with Gasteiger partial charge in [-0.15, -0.1) is 10.2 Å². The van der Waals surface area contributed by atoms with Crippen LogP contribution in [0, 0.1) is 0 Å². The highest BCUT2D eigenvalue weighted by atomic mass is 32.2. The molecule has 4 nitrogen and oxygen atoms in total. The normalized spacial score (nSPS) is 14.6. The van der Waals surface area contributed by atoms with Crippen LogP contribution in [0.15, 0.2) is 35.5 Å². The van der Waals surface area contributed by atoms with Crippen molar-refractivity contribution >= 4 is 10.8 Å². The second kappa shape index (κ2) is 5.65. The molecule has 1 heterocycles. The van der Waals surface area contributed by atoms with E-state index in [0.717, 1.165) is 11.4 Å². The molecule has 2 atom stereocenters. The van der Waals surface area contributed by atoms with Crippen molar-refractivity contribution in [3.05, 3.63) is 41.7 Å². The molecule has 0 aliphatic heterocycles. The van der Waals surface area contributed by atoms with Crippen molar-refractivity contribution in [3.63, 3.8) is 0 Å². The molecule has 0 unspecified atom stereocenters. The number of rotatable bonds is 4. The lowest BCUT2D eigenvalue weighted by Crippen LogP contribution is -2.10. The molecule has 0 aliphatic rings. The van der Waals surface area contributed by atoms with E-state index in [9.17, 15) is 4.21 Å². The average Bonchev–Trinajstić information content (AvgIpc) is 2.80. The van der Waals surface area contributed by atoms with Crippen molar-refractivity contribution in [2.45, 2.75) is 37.1 Å². The Morgan fingerprint density at radius 3 is 2.26 bits per heavy atom. The first-order valence-electron chi connectivity index (χ1n) is 6.37. The highest BCUT2D eigenvalue weighted by molar-refractivity contribution is 7.85. The molecule has 1 aromatic heterocycles. The van der Waals surface area contributed by atoms with Gasteiger partial charge in [0.1, 0.15) is 5.82 Å². The molecule has 102 valence electrons. The number of aromatic nitrogens is 3. The average molecular weight is 277 g/mol. The van der Waals surface area contributed by atoms with Gasteiger partial charge >= 0.3 is 0 Å². The molecule has 0 fully saturated rings. The Balaban J connectivity index is 2.30. The minimum absolute atomic E-state index is 0.0934. The molecule has 5 heteroatoms. The summed E-state index contributed by atoms with van der Waals surface area (Å²) in [6, 6.07) is 9.85. The second-order valence-electron chi connectivity index (χ2n) is 4.90. The maximum Gasteiger partial charge on any atom is 0.221 e. The molecule has 2 rings (SSSR count). The van der Waals surface area contributed by atoms with E-state index in [1.807, 2.05) is 48.9 Å². The third-order valence-electron chi connectivity index (χ3n) is 3.16. The molecule has 0 saturated carbocycles. The van der Waals surface area contributed by atoms with Crippen LogP contribution in [-0.2, 0) is 17.8 Å². The zero-order valence-electron chi connectivity index (χ0n) is 11.7. The van der Waals surface area contributed by atoms with E-state index in [-0.39, 0.29) is 11.2 Å². The summed E-state index contributed by atoms with van der Waals surface area (Å²) in [5.74, 6) is 1.14. The second-order valence-corrected chi connectivity index (χ2v) is 6.57. The number of nitrogens with zero attached hydrogens (tertiary/aromatic N) is 3. The monoisotopic (exact) mass is 277 g/mol. The predicted octanol–water partition coefficient (Wildman–Crippen LogP) is 2.81. The van der Waals surface area contributed by atoms with Crippen LogP contribution in [0.3, 0.4) is 0 Å². The van der Waals surface area contributed by atoms with Gasteiger partial charge in [0, 0.05) is 13.0 Å². The Morgan fingerprint density at radius 1 is 1.11 bits per heavy atom. The minimum Gasteiger partial charge on any atom is -0.307 e. The van der Waals surface area contributed by atoms with Crippen molar-refractivity contribution in [1.29, 1.82) is 0 Å². The van der Waals surface area contributed by atoms with Crippen LogP contribution < -0.4 is 0 Å². The first-order chi connectivity index (χ1) is 9.02. The molecular formula is C14H19N3OS. The van der Waals surface area contributed by atoms with Gasteiger partial charge in [-0.1, -0.05) is 44.2 Å². The fraction of sp³-hybridized carbons (Fsp3) is 0.429. The van der Waals surface area contributed by atoms with Gasteiger partial charge in [0.15, 0.2) is 0 Å². The van der Waals surface area contributed by atoms with Crippen LogP contribution in [0.5, 0.6) is 0 Å². The van der Waals surface area contributed by atoms with Crippen LogP contribution >= 0.6 is 0 Å². The van der Waals surface area contributed by atoms with Gasteiger partial charge in [-0.05, 0) is 12.5 Å². The third-order valence-corrected chi connectivity index (χ3v) is 4.78. The lowest BCUT2D eigenvalue weighted by molar-refractivity contribution is 0.642. The number of hydrogen-bond donors (Lipinski definition) is 0. The third kappa shape index (κ3) is 2.76. The van der Waals surface area contributed by atoms with Crippen molar-refractivity contribution in [3.8, 4) is 0 Å². The summed E-state index contributed by atoms with van der Waals surface area (Å²) in [6.45, 7) is 6.06. The highest BCUT2D eigenvalue weighted by Crippen LogP contribution is 2.24. The first kappa shape index (κ1) is 13.9. The van der Waals surface area contributed by atoms with Gasteiger partial charge in [-0.2, -0.15) is 0 Å². The topological polar surface area (TPSA) is 47.8 Å². The van der Waals surface area contributed by atoms with Crippen LogP contribution in [-0.4, -0.2) is 19.0 Å². The fourth-order valence-corrected chi connectivity index (χ4v) is 3.22. The van der Waals surface area contributed by atoms with E-state index in [1.54, 1.807) is 0 Å². The Kier molecular flexibility index (Phi) is 4.14. The van der Waals surface area contributed by atoms with Crippen LogP contribution in [0.1, 0.15) is 43.3 Å². The summed E-state index contributed by atoms with van der Waals surface area (Å²) in [5.41, 5.74) is 1.05. The van der Waals surface area contributed by atoms with Gasteiger partial charge < -0.3 is 4.57 Å². The lowest BCUT2D eigenvalue weighted by atomic mass is 10.2. The van der Waals surface area contributed by atoms with Crippen LogP contribution in [0.25, 0.3) is 0 Å². The van der Waals surface area contributed by atoms with E-state index in [4.69, 9.17) is 0 Å². The summed E-state index contributed by atoms with van der Waals surface area (Å²) in [6.07, 6.45) is 0. The smallest absolute Gasteiger partial charge is 0.221 e. The maximum atomic E-state index is 12.6. The zero-order valence-corrected chi connectivity index (χ0v) is 12.5. The molecule has 1 aromatic carbocycles. The minimum atomic E-state index is -1.20. The Morgan fingerprint density at radius 2 is 1.74 bits per heavy atom. The summed E-state index contributed by atoms with van der Waals surface area (Å²) >= 11 is 0. The zero-order chi connectivity index (χ0) is 14.0. The molecule has 0 amide bonds. The molecular weight excluding hydrogens is 258 g/mol. The Hall–Kier alpha value is -1.49. The van der Waals surface area contributed by atoms with Crippen molar-refractivity contribution in [2.24, 2.45) is 7.05 Å². The molecule has 0 bridgehead atoms. The molecule has 2 aromatic rings. The van der Waals surface area contributed by atoms with Crippen molar-refractivity contribution in [1.82, 2.24) is 14.8 Å². The van der Waals surface area contributed by atoms with Crippen LogP contribution in [0.2, 0.25) is 0 Å². The summed E-state index contributed by atoms with van der Waals surface area (Å²) < 4.78 is 14.4. The quantitative estimate of drug-likeness (QED) is 0.863. The van der Waals surface area contributed by atoms with E-state index in [1.165, 1.54) is 0 Å².